The molecule has 0 unspecified atom stereocenters. The van der Waals surface area contributed by atoms with Gasteiger partial charge in [0.15, 0.2) is 0 Å². The molecule has 0 aliphatic carbocycles. The molecule has 5 aromatic rings. The van der Waals surface area contributed by atoms with E-state index in [-0.39, 0.29) is 0 Å². The van der Waals surface area contributed by atoms with Gasteiger partial charge in [0.05, 0.1) is 68.4 Å². The molecule has 0 amide bonds. The number of nitrogens with zero attached hydrogens (tertiary/aromatic N) is 6. The van der Waals surface area contributed by atoms with E-state index in [9.17, 15) is 0 Å². The molecule has 48 heavy (non-hydrogen) atoms. The van der Waals surface area contributed by atoms with Gasteiger partial charge >= 0.3 is 0 Å². The van der Waals surface area contributed by atoms with Crippen molar-refractivity contribution in [1.82, 2.24) is 9.97 Å². The van der Waals surface area contributed by atoms with Crippen LogP contribution >= 0.6 is 0 Å². The largest absolute Gasteiger partial charge is 0.251 e. The van der Waals surface area contributed by atoms with Gasteiger partial charge in [0, 0.05) is 0 Å². The molecule has 0 N–H and O–H groups in total. The molecule has 2 heterocycles. The van der Waals surface area contributed by atoms with Crippen LogP contribution < -0.4 is 0 Å². The Bertz CT molecular complexity index is 1980. The topological polar surface area (TPSA) is 75.2 Å². The summed E-state index contributed by atoms with van der Waals surface area (Å²) in [5.74, 6) is 0. The predicted octanol–water partition coefficient (Wildman–Crippen LogP) is 10.9. The number of aryl methyl sites for hydroxylation is 6. The molecule has 0 spiro atoms. The summed E-state index contributed by atoms with van der Waals surface area (Å²) in [6.45, 7) is 20.5. The van der Waals surface area contributed by atoms with E-state index in [0.717, 1.165) is 90.6 Å². The normalized spacial score (nSPS) is 12.9. The molecule has 0 bridgehead atoms. The van der Waals surface area contributed by atoms with Crippen LogP contribution in [0.25, 0.3) is 0 Å². The first kappa shape index (κ1) is 34.0. The lowest BCUT2D eigenvalue weighted by Crippen LogP contribution is -2.05. The zero-order chi connectivity index (χ0) is 34.5. The third kappa shape index (κ3) is 8.13. The maximum atomic E-state index is 5.00. The predicted molar refractivity (Wildman–Crippen MR) is 204 cm³/mol. The second kappa shape index (κ2) is 14.6. The van der Waals surface area contributed by atoms with Gasteiger partial charge in [-0.3, -0.25) is 20.0 Å². The summed E-state index contributed by atoms with van der Waals surface area (Å²) in [5.41, 5.74) is 17.2. The maximum Gasteiger partial charge on any atom is 0.0849 e. The Balaban J connectivity index is 1.38. The first-order chi connectivity index (χ1) is 22.9. The van der Waals surface area contributed by atoms with Crippen LogP contribution in [-0.4, -0.2) is 32.8 Å². The number of aromatic nitrogens is 2. The standard InChI is InChI=1S/C42H44N6/c1-25-17-19-27(3)39(21-25)43-31(7)35-13-11-15-37(47-35)33(9)45-41-23-30(6)42(24-29(41)5)46-34(10)38-16-12-14-36(48-38)32(8)44-40-22-26(2)18-20-28(40)4/h11-24H,1-10H3. The van der Waals surface area contributed by atoms with E-state index in [1.165, 1.54) is 11.1 Å². The van der Waals surface area contributed by atoms with Crippen molar-refractivity contribution in [3.05, 3.63) is 141 Å². The highest BCUT2D eigenvalue weighted by Gasteiger charge is 2.10. The van der Waals surface area contributed by atoms with Gasteiger partial charge < -0.3 is 0 Å². The van der Waals surface area contributed by atoms with Crippen LogP contribution in [0.15, 0.2) is 105 Å². The summed E-state index contributed by atoms with van der Waals surface area (Å²) in [4.78, 5) is 29.6. The average molecular weight is 633 g/mol. The molecule has 5 rings (SSSR count). The number of pyridine rings is 2. The van der Waals surface area contributed by atoms with Crippen molar-refractivity contribution in [3.63, 3.8) is 0 Å². The summed E-state index contributed by atoms with van der Waals surface area (Å²) in [6, 6.07) is 28.8. The molecular formula is C42H44N6. The van der Waals surface area contributed by atoms with E-state index in [1.807, 2.05) is 64.1 Å². The highest BCUT2D eigenvalue weighted by Crippen LogP contribution is 2.30. The lowest BCUT2D eigenvalue weighted by atomic mass is 10.1. The van der Waals surface area contributed by atoms with Gasteiger partial charge in [0.1, 0.15) is 0 Å². The van der Waals surface area contributed by atoms with Crippen molar-refractivity contribution in [2.24, 2.45) is 20.0 Å². The van der Waals surface area contributed by atoms with Crippen molar-refractivity contribution < 1.29 is 0 Å². The molecule has 6 nitrogen and oxygen atoms in total. The van der Waals surface area contributed by atoms with Crippen molar-refractivity contribution in [2.75, 3.05) is 0 Å². The van der Waals surface area contributed by atoms with Gasteiger partial charge in [-0.05, 0) is 151 Å². The third-order valence-corrected chi connectivity index (χ3v) is 8.38. The van der Waals surface area contributed by atoms with Gasteiger partial charge in [-0.1, -0.05) is 36.4 Å². The maximum absolute atomic E-state index is 5.00. The van der Waals surface area contributed by atoms with E-state index < -0.39 is 0 Å². The second-order valence-corrected chi connectivity index (χ2v) is 12.6. The number of aliphatic imine (C=N–C) groups is 4. The molecule has 3 aromatic carbocycles. The van der Waals surface area contributed by atoms with Crippen LogP contribution in [0, 0.1) is 41.5 Å². The van der Waals surface area contributed by atoms with Crippen LogP contribution in [0.1, 0.15) is 83.9 Å². The molecule has 242 valence electrons. The van der Waals surface area contributed by atoms with E-state index in [2.05, 4.69) is 90.1 Å². The summed E-state index contributed by atoms with van der Waals surface area (Å²) in [7, 11) is 0. The monoisotopic (exact) mass is 632 g/mol. The molecule has 0 aliphatic rings. The molecule has 2 aromatic heterocycles. The molecule has 0 radical (unpaired) electrons. The minimum Gasteiger partial charge on any atom is -0.251 e. The summed E-state index contributed by atoms with van der Waals surface area (Å²) in [5, 5.41) is 0. The molecular weight excluding hydrogens is 589 g/mol. The Labute approximate surface area is 285 Å². The van der Waals surface area contributed by atoms with Gasteiger partial charge in [-0.2, -0.15) is 0 Å². The summed E-state index contributed by atoms with van der Waals surface area (Å²) in [6.07, 6.45) is 0. The van der Waals surface area contributed by atoms with Crippen molar-refractivity contribution in [3.8, 4) is 0 Å². The van der Waals surface area contributed by atoms with Crippen molar-refractivity contribution in [2.45, 2.75) is 69.2 Å². The lowest BCUT2D eigenvalue weighted by molar-refractivity contribution is 1.23. The van der Waals surface area contributed by atoms with Crippen molar-refractivity contribution >= 4 is 45.6 Å². The molecule has 0 fully saturated rings. The van der Waals surface area contributed by atoms with Crippen LogP contribution in [0.5, 0.6) is 0 Å². The first-order valence-electron chi connectivity index (χ1n) is 16.3. The molecule has 0 saturated carbocycles. The number of rotatable bonds is 8. The number of hydrogen-bond acceptors (Lipinski definition) is 6. The molecule has 0 saturated heterocycles. The lowest BCUT2D eigenvalue weighted by Gasteiger charge is -2.10. The zero-order valence-electron chi connectivity index (χ0n) is 29.8. The number of benzene rings is 3. The van der Waals surface area contributed by atoms with E-state index >= 15 is 0 Å². The van der Waals surface area contributed by atoms with Crippen LogP contribution in [-0.2, 0) is 0 Å². The SMILES string of the molecule is CC(=Nc1cc(C)ccc1C)c1cccc(C(C)=Nc2cc(C)c(N=C(C)c3cccc(C(C)=Nc4cc(C)ccc4C)n3)cc2C)n1. The van der Waals surface area contributed by atoms with Gasteiger partial charge in [-0.25, -0.2) is 9.97 Å². The molecule has 6 heteroatoms. The fraction of sp³-hybridized carbons (Fsp3) is 0.238. The van der Waals surface area contributed by atoms with Crippen LogP contribution in [0.2, 0.25) is 0 Å². The fourth-order valence-electron chi connectivity index (χ4n) is 5.33. The minimum absolute atomic E-state index is 0.820. The van der Waals surface area contributed by atoms with E-state index in [0.29, 0.717) is 0 Å². The first-order valence-corrected chi connectivity index (χ1v) is 16.3. The van der Waals surface area contributed by atoms with E-state index in [4.69, 9.17) is 29.9 Å². The Kier molecular flexibility index (Phi) is 10.3. The number of hydrogen-bond donors (Lipinski definition) is 0. The Morgan fingerprint density at radius 2 is 0.667 bits per heavy atom. The molecule has 0 aliphatic heterocycles. The highest BCUT2D eigenvalue weighted by molar-refractivity contribution is 6.03. The average Bonchev–Trinajstić information content (AvgIpc) is 3.06. The zero-order valence-corrected chi connectivity index (χ0v) is 29.8. The van der Waals surface area contributed by atoms with Gasteiger partial charge in [0.25, 0.3) is 0 Å². The Hall–Kier alpha value is -5.36. The van der Waals surface area contributed by atoms with Gasteiger partial charge in [-0.15, -0.1) is 0 Å². The quantitative estimate of drug-likeness (QED) is 0.160. The Morgan fingerprint density at radius 3 is 0.979 bits per heavy atom. The summed E-state index contributed by atoms with van der Waals surface area (Å²) < 4.78 is 0. The molecule has 0 atom stereocenters. The van der Waals surface area contributed by atoms with Crippen molar-refractivity contribution in [1.29, 1.82) is 0 Å². The smallest absolute Gasteiger partial charge is 0.0849 e. The minimum atomic E-state index is 0.820. The fourth-order valence-corrected chi connectivity index (χ4v) is 5.33. The Morgan fingerprint density at radius 1 is 0.375 bits per heavy atom. The summed E-state index contributed by atoms with van der Waals surface area (Å²) >= 11 is 0. The third-order valence-electron chi connectivity index (χ3n) is 8.38. The highest BCUT2D eigenvalue weighted by atomic mass is 14.9. The van der Waals surface area contributed by atoms with E-state index in [1.54, 1.807) is 0 Å². The second-order valence-electron chi connectivity index (χ2n) is 12.6. The van der Waals surface area contributed by atoms with Crippen LogP contribution in [0.4, 0.5) is 22.7 Å². The van der Waals surface area contributed by atoms with Gasteiger partial charge in [0.2, 0.25) is 0 Å². The van der Waals surface area contributed by atoms with Crippen LogP contribution in [0.3, 0.4) is 0 Å².